The summed E-state index contributed by atoms with van der Waals surface area (Å²) in [5.74, 6) is -0.192. The van der Waals surface area contributed by atoms with E-state index in [0.717, 1.165) is 0 Å². The van der Waals surface area contributed by atoms with Crippen LogP contribution in [0, 0.1) is 20.2 Å². The second kappa shape index (κ2) is 7.43. The van der Waals surface area contributed by atoms with E-state index >= 15 is 0 Å². The molecule has 4 rings (SSSR count). The number of hydrogen-bond acceptors (Lipinski definition) is 8. The lowest BCUT2D eigenvalue weighted by Crippen LogP contribution is -2.05. The highest BCUT2D eigenvalue weighted by Crippen LogP contribution is 2.31. The number of carbonyl (C=O) groups excluding carboxylic acids is 1. The fraction of sp³-hybridized carbons (Fsp3) is 0. The Hall–Kier alpha value is -4.60. The number of aliphatic imine (C=N–C) groups is 1. The molecule has 10 heteroatoms. The first-order valence-corrected chi connectivity index (χ1v) is 8.53. The van der Waals surface area contributed by atoms with E-state index in [9.17, 15) is 25.0 Å². The molecule has 0 N–H and O–H groups in total. The van der Waals surface area contributed by atoms with Gasteiger partial charge in [0.05, 0.1) is 15.4 Å². The summed E-state index contributed by atoms with van der Waals surface area (Å²) < 4.78 is 10.7. The predicted molar refractivity (Wildman–Crippen MR) is 105 cm³/mol. The van der Waals surface area contributed by atoms with Crippen molar-refractivity contribution in [3.63, 3.8) is 0 Å². The number of furan rings is 1. The number of ether oxygens (including phenoxy) is 1. The molecule has 30 heavy (non-hydrogen) atoms. The van der Waals surface area contributed by atoms with E-state index < -0.39 is 15.8 Å². The Labute approximate surface area is 168 Å². The van der Waals surface area contributed by atoms with Gasteiger partial charge in [0.2, 0.25) is 5.90 Å². The molecule has 0 spiro atoms. The second-order valence-electron chi connectivity index (χ2n) is 6.12. The lowest BCUT2D eigenvalue weighted by atomic mass is 10.1. The second-order valence-corrected chi connectivity index (χ2v) is 6.12. The molecular weight excluding hydrogens is 394 g/mol. The Balaban J connectivity index is 1.62. The normalized spacial score (nSPS) is 14.5. The van der Waals surface area contributed by atoms with E-state index in [1.165, 1.54) is 36.4 Å². The molecule has 2 heterocycles. The molecular formula is C20H11N3O7. The number of nitro benzene ring substituents is 2. The van der Waals surface area contributed by atoms with Gasteiger partial charge in [-0.05, 0) is 30.3 Å². The molecule has 0 radical (unpaired) electrons. The zero-order valence-corrected chi connectivity index (χ0v) is 15.1. The zero-order chi connectivity index (χ0) is 21.3. The van der Waals surface area contributed by atoms with Gasteiger partial charge in [-0.15, -0.1) is 0 Å². The molecule has 10 nitrogen and oxygen atoms in total. The van der Waals surface area contributed by atoms with Crippen molar-refractivity contribution in [2.24, 2.45) is 4.99 Å². The van der Waals surface area contributed by atoms with E-state index in [4.69, 9.17) is 9.15 Å². The van der Waals surface area contributed by atoms with E-state index in [-0.39, 0.29) is 34.5 Å². The molecule has 0 saturated heterocycles. The number of para-hydroxylation sites is 1. The molecule has 1 aromatic heterocycles. The van der Waals surface area contributed by atoms with Gasteiger partial charge in [0, 0.05) is 29.8 Å². The van der Waals surface area contributed by atoms with Crippen molar-refractivity contribution in [3.05, 3.63) is 97.9 Å². The minimum Gasteiger partial charge on any atom is -0.456 e. The lowest BCUT2D eigenvalue weighted by molar-refractivity contribution is -0.384. The summed E-state index contributed by atoms with van der Waals surface area (Å²) in [4.78, 5) is 37.1. The summed E-state index contributed by atoms with van der Waals surface area (Å²) in [5, 5.41) is 21.9. The third kappa shape index (κ3) is 3.56. The maximum Gasteiger partial charge on any atom is 0.363 e. The quantitative estimate of drug-likeness (QED) is 0.269. The van der Waals surface area contributed by atoms with Crippen LogP contribution >= 0.6 is 0 Å². The van der Waals surface area contributed by atoms with Gasteiger partial charge < -0.3 is 9.15 Å². The van der Waals surface area contributed by atoms with Gasteiger partial charge in [0.15, 0.2) is 5.70 Å². The van der Waals surface area contributed by atoms with E-state index in [1.54, 1.807) is 30.3 Å². The van der Waals surface area contributed by atoms with Gasteiger partial charge in [-0.3, -0.25) is 20.2 Å². The number of cyclic esters (lactones) is 1. The van der Waals surface area contributed by atoms with Crippen LogP contribution in [0.2, 0.25) is 0 Å². The average molecular weight is 405 g/mol. The number of benzene rings is 2. The molecule has 0 aliphatic carbocycles. The first kappa shape index (κ1) is 18.7. The molecule has 0 unspecified atom stereocenters. The van der Waals surface area contributed by atoms with Crippen LogP contribution in [0.1, 0.15) is 11.3 Å². The molecule has 3 aromatic rings. The summed E-state index contributed by atoms with van der Waals surface area (Å²) >= 11 is 0. The Morgan fingerprint density at radius 1 is 0.900 bits per heavy atom. The van der Waals surface area contributed by atoms with Gasteiger partial charge in [-0.2, -0.15) is 0 Å². The van der Waals surface area contributed by atoms with Crippen LogP contribution < -0.4 is 0 Å². The molecule has 0 amide bonds. The molecule has 1 aliphatic heterocycles. The van der Waals surface area contributed by atoms with Gasteiger partial charge in [0.25, 0.3) is 11.4 Å². The van der Waals surface area contributed by atoms with Crippen molar-refractivity contribution in [2.45, 2.75) is 0 Å². The van der Waals surface area contributed by atoms with Crippen molar-refractivity contribution in [1.82, 2.24) is 0 Å². The Bertz CT molecular complexity index is 1240. The smallest absolute Gasteiger partial charge is 0.363 e. The van der Waals surface area contributed by atoms with Gasteiger partial charge in [0.1, 0.15) is 11.5 Å². The fourth-order valence-electron chi connectivity index (χ4n) is 2.81. The van der Waals surface area contributed by atoms with Gasteiger partial charge in [-0.25, -0.2) is 9.79 Å². The van der Waals surface area contributed by atoms with Crippen LogP contribution in [-0.4, -0.2) is 21.7 Å². The monoisotopic (exact) mass is 405 g/mol. The highest BCUT2D eigenvalue weighted by molar-refractivity contribution is 6.12. The maximum atomic E-state index is 12.1. The van der Waals surface area contributed by atoms with Gasteiger partial charge >= 0.3 is 5.97 Å². The molecule has 0 bridgehead atoms. The highest BCUT2D eigenvalue weighted by Gasteiger charge is 2.25. The lowest BCUT2D eigenvalue weighted by Gasteiger charge is -1.98. The Morgan fingerprint density at radius 2 is 1.63 bits per heavy atom. The van der Waals surface area contributed by atoms with Crippen molar-refractivity contribution in [2.75, 3.05) is 0 Å². The standard InChI is InChI=1S/C20H11N3O7/c24-20-16(21-19(30-20)12-5-7-13(8-6-12)22(25)26)11-14-9-10-18(29-14)15-3-1-2-4-17(15)23(27)28/h1-11H/b16-11-. The number of nitrogens with zero attached hydrogens (tertiary/aromatic N) is 3. The third-order valence-corrected chi connectivity index (χ3v) is 4.22. The largest absolute Gasteiger partial charge is 0.456 e. The summed E-state index contributed by atoms with van der Waals surface area (Å²) in [6, 6.07) is 14.6. The van der Waals surface area contributed by atoms with E-state index in [0.29, 0.717) is 11.1 Å². The molecule has 2 aromatic carbocycles. The number of hydrogen-bond donors (Lipinski definition) is 0. The number of rotatable bonds is 5. The Morgan fingerprint density at radius 3 is 2.33 bits per heavy atom. The van der Waals surface area contributed by atoms with Crippen LogP contribution in [0.25, 0.3) is 17.4 Å². The minimum absolute atomic E-state index is 0.00613. The van der Waals surface area contributed by atoms with Crippen molar-refractivity contribution in [1.29, 1.82) is 0 Å². The van der Waals surface area contributed by atoms with E-state index in [1.807, 2.05) is 0 Å². The SMILES string of the molecule is O=C1OC(c2ccc([N+](=O)[O-])cc2)=N/C1=C\c1ccc(-c2ccccc2[N+](=O)[O-])o1. The van der Waals surface area contributed by atoms with Crippen molar-refractivity contribution >= 4 is 29.3 Å². The highest BCUT2D eigenvalue weighted by atomic mass is 16.6. The summed E-state index contributed by atoms with van der Waals surface area (Å²) in [5.41, 5.74) is 0.461. The average Bonchev–Trinajstić information content (AvgIpc) is 3.35. The van der Waals surface area contributed by atoms with Crippen molar-refractivity contribution < 1.29 is 23.8 Å². The first-order chi connectivity index (χ1) is 14.4. The number of non-ortho nitro benzene ring substituents is 1. The van der Waals surface area contributed by atoms with Crippen LogP contribution in [0.4, 0.5) is 11.4 Å². The third-order valence-electron chi connectivity index (χ3n) is 4.22. The maximum absolute atomic E-state index is 12.1. The molecule has 148 valence electrons. The minimum atomic E-state index is -0.716. The molecule has 1 aliphatic rings. The van der Waals surface area contributed by atoms with Crippen molar-refractivity contribution in [3.8, 4) is 11.3 Å². The van der Waals surface area contributed by atoms with E-state index in [2.05, 4.69) is 4.99 Å². The van der Waals surface area contributed by atoms with Crippen LogP contribution in [0.15, 0.2) is 75.8 Å². The summed E-state index contributed by atoms with van der Waals surface area (Å²) in [6.45, 7) is 0. The first-order valence-electron chi connectivity index (χ1n) is 8.53. The molecule has 0 saturated carbocycles. The van der Waals surface area contributed by atoms with Crippen LogP contribution in [0.5, 0.6) is 0 Å². The number of nitro groups is 2. The number of esters is 1. The Kier molecular flexibility index (Phi) is 4.64. The summed E-state index contributed by atoms with van der Waals surface area (Å²) in [7, 11) is 0. The van der Waals surface area contributed by atoms with Crippen LogP contribution in [-0.2, 0) is 9.53 Å². The zero-order valence-electron chi connectivity index (χ0n) is 15.1. The topological polar surface area (TPSA) is 138 Å². The van der Waals surface area contributed by atoms with Gasteiger partial charge in [-0.1, -0.05) is 12.1 Å². The predicted octanol–water partition coefficient (Wildman–Crippen LogP) is 4.11. The molecule has 0 atom stereocenters. The summed E-state index contributed by atoms with van der Waals surface area (Å²) in [6.07, 6.45) is 1.35. The molecule has 0 fully saturated rings. The fourth-order valence-corrected chi connectivity index (χ4v) is 2.81. The number of carbonyl (C=O) groups is 1. The van der Waals surface area contributed by atoms with Crippen LogP contribution in [0.3, 0.4) is 0 Å².